The highest BCUT2D eigenvalue weighted by molar-refractivity contribution is 5.62. The van der Waals surface area contributed by atoms with Gasteiger partial charge in [0, 0.05) is 24.3 Å². The molecule has 0 spiro atoms. The molecule has 0 aromatic heterocycles. The second-order valence-electron chi connectivity index (χ2n) is 5.14. The Morgan fingerprint density at radius 2 is 2.00 bits per heavy atom. The molecule has 0 amide bonds. The lowest BCUT2D eigenvalue weighted by atomic mass is 9.97. The summed E-state index contributed by atoms with van der Waals surface area (Å²) >= 11 is 0. The van der Waals surface area contributed by atoms with E-state index in [9.17, 15) is 0 Å². The van der Waals surface area contributed by atoms with Crippen LogP contribution >= 0.6 is 0 Å². The Hall–Kier alpha value is -1.28. The normalized spacial score (nSPS) is 24.8. The first-order chi connectivity index (χ1) is 8.08. The summed E-state index contributed by atoms with van der Waals surface area (Å²) in [7, 11) is 0. The van der Waals surface area contributed by atoms with Gasteiger partial charge in [-0.25, -0.2) is 0 Å². The summed E-state index contributed by atoms with van der Waals surface area (Å²) in [6, 6.07) is 9.43. The Morgan fingerprint density at radius 3 is 2.59 bits per heavy atom. The molecule has 1 aromatic rings. The second kappa shape index (κ2) is 4.92. The summed E-state index contributed by atoms with van der Waals surface area (Å²) in [5, 5.41) is 0. The molecule has 0 radical (unpaired) electrons. The molecule has 1 aliphatic rings. The monoisotopic (exact) mass is 230 g/mol. The number of likely N-dealkylation sites (tertiary alicyclic amines) is 1. The van der Waals surface area contributed by atoms with Crippen LogP contribution in [0.15, 0.2) is 30.8 Å². The third-order valence-electron chi connectivity index (χ3n) is 3.65. The number of hydrogen-bond acceptors (Lipinski definition) is 2. The fourth-order valence-electron chi connectivity index (χ4n) is 2.52. The number of benzene rings is 1. The average Bonchev–Trinajstić information content (AvgIpc) is 2.29. The zero-order valence-corrected chi connectivity index (χ0v) is 10.8. The molecule has 1 aromatic carbocycles. The van der Waals surface area contributed by atoms with Gasteiger partial charge < -0.3 is 10.6 Å². The molecule has 2 nitrogen and oxygen atoms in total. The van der Waals surface area contributed by atoms with Gasteiger partial charge in [-0.3, -0.25) is 0 Å². The predicted octanol–water partition coefficient (Wildman–Crippen LogP) is 2.78. The van der Waals surface area contributed by atoms with Gasteiger partial charge in [0.05, 0.1) is 0 Å². The van der Waals surface area contributed by atoms with E-state index in [1.54, 1.807) is 0 Å². The minimum Gasteiger partial charge on any atom is -0.369 e. The lowest BCUT2D eigenvalue weighted by Gasteiger charge is -2.39. The molecule has 2 rings (SSSR count). The van der Waals surface area contributed by atoms with Crippen LogP contribution < -0.4 is 5.73 Å². The summed E-state index contributed by atoms with van der Waals surface area (Å²) in [4.78, 5) is 2.38. The molecule has 0 bridgehead atoms. The number of aryl methyl sites for hydroxylation is 1. The third-order valence-corrected chi connectivity index (χ3v) is 3.65. The smallest absolute Gasteiger partial charge is 0.0369 e. The highest BCUT2D eigenvalue weighted by atomic mass is 15.2. The van der Waals surface area contributed by atoms with Gasteiger partial charge in [-0.2, -0.15) is 0 Å². The molecule has 0 aliphatic carbocycles. The molecule has 92 valence electrons. The van der Waals surface area contributed by atoms with Crippen molar-refractivity contribution in [1.29, 1.82) is 0 Å². The molecule has 1 fully saturated rings. The molecule has 2 N–H and O–H groups in total. The van der Waals surface area contributed by atoms with Crippen molar-refractivity contribution >= 4 is 5.70 Å². The molecule has 2 atom stereocenters. The fraction of sp³-hybridized carbons (Fsp3) is 0.467. The number of hydrogen-bond donors (Lipinski definition) is 1. The molecule has 1 heterocycles. The van der Waals surface area contributed by atoms with Crippen LogP contribution in [0.2, 0.25) is 0 Å². The van der Waals surface area contributed by atoms with Gasteiger partial charge in [0.15, 0.2) is 0 Å². The van der Waals surface area contributed by atoms with Crippen molar-refractivity contribution < 1.29 is 0 Å². The van der Waals surface area contributed by atoms with E-state index in [1.807, 2.05) is 0 Å². The van der Waals surface area contributed by atoms with Crippen LogP contribution in [0.3, 0.4) is 0 Å². The van der Waals surface area contributed by atoms with Gasteiger partial charge in [-0.05, 0) is 32.3 Å². The van der Waals surface area contributed by atoms with Crippen molar-refractivity contribution in [2.45, 2.75) is 38.8 Å². The van der Waals surface area contributed by atoms with Gasteiger partial charge >= 0.3 is 0 Å². The van der Waals surface area contributed by atoms with E-state index in [0.717, 1.165) is 25.1 Å². The topological polar surface area (TPSA) is 29.3 Å². The van der Waals surface area contributed by atoms with Crippen LogP contribution in [-0.2, 0) is 0 Å². The van der Waals surface area contributed by atoms with E-state index >= 15 is 0 Å². The first-order valence-corrected chi connectivity index (χ1v) is 6.36. The maximum Gasteiger partial charge on any atom is 0.0369 e. The largest absolute Gasteiger partial charge is 0.369 e. The zero-order valence-electron chi connectivity index (χ0n) is 10.8. The molecule has 1 saturated heterocycles. The minimum absolute atomic E-state index is 0.354. The first-order valence-electron chi connectivity index (χ1n) is 6.36. The SMILES string of the molecule is C=C(c1ccc(C)cc1)N1CCC(N)CC1C. The molecule has 0 saturated carbocycles. The zero-order chi connectivity index (χ0) is 12.4. The van der Waals surface area contributed by atoms with Crippen molar-refractivity contribution in [3.8, 4) is 0 Å². The highest BCUT2D eigenvalue weighted by Gasteiger charge is 2.24. The van der Waals surface area contributed by atoms with Crippen molar-refractivity contribution in [3.63, 3.8) is 0 Å². The van der Waals surface area contributed by atoms with Gasteiger partial charge in [0.25, 0.3) is 0 Å². The van der Waals surface area contributed by atoms with Gasteiger partial charge in [0.2, 0.25) is 0 Å². The maximum atomic E-state index is 5.99. The second-order valence-corrected chi connectivity index (χ2v) is 5.14. The fourth-order valence-corrected chi connectivity index (χ4v) is 2.52. The summed E-state index contributed by atoms with van der Waals surface area (Å²) in [6.07, 6.45) is 2.13. The van der Waals surface area contributed by atoms with E-state index in [2.05, 4.69) is 49.6 Å². The number of nitrogens with two attached hydrogens (primary N) is 1. The van der Waals surface area contributed by atoms with Crippen molar-refractivity contribution in [2.24, 2.45) is 5.73 Å². The summed E-state index contributed by atoms with van der Waals surface area (Å²) in [6.45, 7) is 9.60. The minimum atomic E-state index is 0.354. The summed E-state index contributed by atoms with van der Waals surface area (Å²) < 4.78 is 0. The van der Waals surface area contributed by atoms with Crippen LogP contribution in [-0.4, -0.2) is 23.5 Å². The van der Waals surface area contributed by atoms with Crippen LogP contribution in [0.5, 0.6) is 0 Å². The molecule has 2 unspecified atom stereocenters. The number of piperidine rings is 1. The lowest BCUT2D eigenvalue weighted by Crippen LogP contribution is -2.44. The molecular weight excluding hydrogens is 208 g/mol. The average molecular weight is 230 g/mol. The molecule has 2 heteroatoms. The van der Waals surface area contributed by atoms with Crippen LogP contribution in [0, 0.1) is 6.92 Å². The Labute approximate surface area is 104 Å². The van der Waals surface area contributed by atoms with Crippen molar-refractivity contribution in [2.75, 3.05) is 6.54 Å². The predicted molar refractivity (Wildman–Crippen MR) is 73.6 cm³/mol. The Bertz CT molecular complexity index is 394. The summed E-state index contributed by atoms with van der Waals surface area (Å²) in [5.74, 6) is 0. The van der Waals surface area contributed by atoms with Crippen LogP contribution in [0.1, 0.15) is 30.9 Å². The molecular formula is C15H22N2. The maximum absolute atomic E-state index is 5.99. The number of nitrogens with zero attached hydrogens (tertiary/aromatic N) is 1. The summed E-state index contributed by atoms with van der Waals surface area (Å²) in [5.41, 5.74) is 9.63. The van der Waals surface area contributed by atoms with E-state index in [4.69, 9.17) is 5.73 Å². The van der Waals surface area contributed by atoms with Gasteiger partial charge in [0.1, 0.15) is 0 Å². The van der Waals surface area contributed by atoms with E-state index in [0.29, 0.717) is 12.1 Å². The Kier molecular flexibility index (Phi) is 3.53. The van der Waals surface area contributed by atoms with Gasteiger partial charge in [-0.15, -0.1) is 0 Å². The van der Waals surface area contributed by atoms with E-state index in [-0.39, 0.29) is 0 Å². The van der Waals surface area contributed by atoms with Crippen LogP contribution in [0.25, 0.3) is 5.70 Å². The Balaban J connectivity index is 2.12. The number of rotatable bonds is 2. The standard InChI is InChI=1S/C15H22N2/c1-11-4-6-14(7-5-11)13(3)17-9-8-15(16)10-12(17)2/h4-7,12,15H,3,8-10,16H2,1-2H3. The third kappa shape index (κ3) is 2.70. The van der Waals surface area contributed by atoms with Crippen LogP contribution in [0.4, 0.5) is 0 Å². The first kappa shape index (κ1) is 12.2. The molecule has 17 heavy (non-hydrogen) atoms. The Morgan fingerprint density at radius 1 is 1.35 bits per heavy atom. The lowest BCUT2D eigenvalue weighted by molar-refractivity contribution is 0.224. The van der Waals surface area contributed by atoms with Crippen molar-refractivity contribution in [1.82, 2.24) is 4.90 Å². The molecule has 1 aliphatic heterocycles. The van der Waals surface area contributed by atoms with E-state index in [1.165, 1.54) is 11.1 Å². The highest BCUT2D eigenvalue weighted by Crippen LogP contribution is 2.26. The quantitative estimate of drug-likeness (QED) is 0.846. The van der Waals surface area contributed by atoms with Gasteiger partial charge in [-0.1, -0.05) is 36.4 Å². The van der Waals surface area contributed by atoms with E-state index < -0.39 is 0 Å². The van der Waals surface area contributed by atoms with Crippen molar-refractivity contribution in [3.05, 3.63) is 42.0 Å².